The quantitative estimate of drug-likeness (QED) is 0.758. The van der Waals surface area contributed by atoms with Gasteiger partial charge in [0, 0.05) is 24.7 Å². The monoisotopic (exact) mass is 371 g/mol. The molecule has 2 aromatic rings. The topological polar surface area (TPSA) is 57.5 Å². The van der Waals surface area contributed by atoms with E-state index in [1.165, 1.54) is 26.2 Å². The van der Waals surface area contributed by atoms with Gasteiger partial charge in [0.2, 0.25) is 5.91 Å². The molecule has 0 spiro atoms. The zero-order valence-electron chi connectivity index (χ0n) is 15.0. The average Bonchev–Trinajstić information content (AvgIpc) is 3.17. The highest BCUT2D eigenvalue weighted by molar-refractivity contribution is 7.80. The first-order valence-corrected chi connectivity index (χ1v) is 9.47. The Labute approximate surface area is 159 Å². The summed E-state index contributed by atoms with van der Waals surface area (Å²) in [6, 6.07) is 11.7. The Kier molecular flexibility index (Phi) is 6.41. The van der Waals surface area contributed by atoms with E-state index in [-0.39, 0.29) is 11.9 Å². The van der Waals surface area contributed by atoms with E-state index in [9.17, 15) is 4.79 Å². The van der Waals surface area contributed by atoms with Crippen molar-refractivity contribution in [3.05, 3.63) is 54.0 Å². The summed E-state index contributed by atoms with van der Waals surface area (Å²) in [7, 11) is 0. The van der Waals surface area contributed by atoms with Gasteiger partial charge in [0.25, 0.3) is 0 Å². The van der Waals surface area contributed by atoms with Crippen LogP contribution in [0.5, 0.6) is 0 Å². The predicted octanol–water partition coefficient (Wildman–Crippen LogP) is 3.73. The van der Waals surface area contributed by atoms with Crippen LogP contribution in [0.4, 0.5) is 5.69 Å². The van der Waals surface area contributed by atoms with E-state index in [4.69, 9.17) is 16.6 Å². The molecule has 1 aromatic carbocycles. The zero-order chi connectivity index (χ0) is 18.4. The summed E-state index contributed by atoms with van der Waals surface area (Å²) in [6.45, 7) is 4.38. The molecule has 3 rings (SSSR count). The number of thiocarbonyl (C=S) groups is 1. The van der Waals surface area contributed by atoms with Crippen LogP contribution < -0.4 is 10.6 Å². The normalized spacial score (nSPS) is 16.0. The summed E-state index contributed by atoms with van der Waals surface area (Å²) in [6.07, 6.45) is 5.48. The summed E-state index contributed by atoms with van der Waals surface area (Å²) in [5, 5.41) is 6.15. The fraction of sp³-hybridized carbons (Fsp3) is 0.400. The lowest BCUT2D eigenvalue weighted by molar-refractivity contribution is -0.114. The predicted molar refractivity (Wildman–Crippen MR) is 107 cm³/mol. The molecular weight excluding hydrogens is 346 g/mol. The lowest BCUT2D eigenvalue weighted by Crippen LogP contribution is -2.40. The third-order valence-corrected chi connectivity index (χ3v) is 5.01. The SMILES string of the molecule is CC(=O)Nc1ccc(C(=S)NC[C@H](c2ccco2)N2CCCCC2)cc1. The Balaban J connectivity index is 1.62. The summed E-state index contributed by atoms with van der Waals surface area (Å²) in [5.41, 5.74) is 1.71. The second-order valence-corrected chi connectivity index (χ2v) is 7.00. The van der Waals surface area contributed by atoms with E-state index in [1.807, 2.05) is 36.4 Å². The molecule has 26 heavy (non-hydrogen) atoms. The fourth-order valence-electron chi connectivity index (χ4n) is 3.32. The van der Waals surface area contributed by atoms with Crippen molar-refractivity contribution in [2.24, 2.45) is 0 Å². The number of carbonyl (C=O) groups excluding carboxylic acids is 1. The van der Waals surface area contributed by atoms with Crippen molar-refractivity contribution < 1.29 is 9.21 Å². The molecule has 0 aliphatic carbocycles. The number of nitrogens with one attached hydrogen (secondary N) is 2. The summed E-state index contributed by atoms with van der Waals surface area (Å²) in [5.74, 6) is 0.893. The van der Waals surface area contributed by atoms with Gasteiger partial charge in [-0.2, -0.15) is 0 Å². The van der Waals surface area contributed by atoms with Crippen LogP contribution in [0.1, 0.15) is 43.6 Å². The molecule has 138 valence electrons. The van der Waals surface area contributed by atoms with Crippen molar-refractivity contribution in [1.29, 1.82) is 0 Å². The van der Waals surface area contributed by atoms with E-state index in [0.717, 1.165) is 30.1 Å². The number of amides is 1. The molecule has 1 saturated heterocycles. The summed E-state index contributed by atoms with van der Waals surface area (Å²) in [4.78, 5) is 14.3. The molecule has 0 bridgehead atoms. The molecule has 1 aliphatic rings. The van der Waals surface area contributed by atoms with Crippen LogP contribution in [0.15, 0.2) is 47.1 Å². The maximum Gasteiger partial charge on any atom is 0.221 e. The first kappa shape index (κ1) is 18.6. The number of hydrogen-bond acceptors (Lipinski definition) is 4. The second-order valence-electron chi connectivity index (χ2n) is 6.60. The van der Waals surface area contributed by atoms with Gasteiger partial charge in [0.05, 0.1) is 12.3 Å². The van der Waals surface area contributed by atoms with Crippen molar-refractivity contribution in [2.45, 2.75) is 32.2 Å². The van der Waals surface area contributed by atoms with Crippen molar-refractivity contribution >= 4 is 28.8 Å². The molecule has 5 nitrogen and oxygen atoms in total. The molecule has 6 heteroatoms. The minimum atomic E-state index is -0.0822. The number of furan rings is 1. The first-order valence-electron chi connectivity index (χ1n) is 9.07. The Morgan fingerprint density at radius 3 is 2.54 bits per heavy atom. The van der Waals surface area contributed by atoms with Crippen LogP contribution in [0.25, 0.3) is 0 Å². The molecule has 1 aliphatic heterocycles. The van der Waals surface area contributed by atoms with Gasteiger partial charge >= 0.3 is 0 Å². The fourth-order valence-corrected chi connectivity index (χ4v) is 3.54. The average molecular weight is 372 g/mol. The Morgan fingerprint density at radius 1 is 1.19 bits per heavy atom. The lowest BCUT2D eigenvalue weighted by atomic mass is 10.1. The van der Waals surface area contributed by atoms with Gasteiger partial charge in [-0.15, -0.1) is 0 Å². The zero-order valence-corrected chi connectivity index (χ0v) is 15.8. The standard InChI is InChI=1S/C20H25N3O2S/c1-15(24)22-17-9-7-16(8-10-17)20(26)21-14-18(19-6-5-13-25-19)23-11-3-2-4-12-23/h5-10,13,18H,2-4,11-12,14H2,1H3,(H,21,26)(H,22,24)/t18-/m1/s1. The van der Waals surface area contributed by atoms with E-state index < -0.39 is 0 Å². The van der Waals surface area contributed by atoms with Crippen LogP contribution in [0.3, 0.4) is 0 Å². The smallest absolute Gasteiger partial charge is 0.221 e. The Morgan fingerprint density at radius 2 is 1.92 bits per heavy atom. The van der Waals surface area contributed by atoms with Gasteiger partial charge in [-0.05, 0) is 62.3 Å². The molecule has 1 atom stereocenters. The minimum absolute atomic E-state index is 0.0822. The van der Waals surface area contributed by atoms with Gasteiger partial charge in [0.1, 0.15) is 10.7 Å². The summed E-state index contributed by atoms with van der Waals surface area (Å²) < 4.78 is 5.67. The molecule has 1 amide bonds. The van der Waals surface area contributed by atoms with E-state index >= 15 is 0 Å². The number of nitrogens with zero attached hydrogens (tertiary/aromatic N) is 1. The number of hydrogen-bond donors (Lipinski definition) is 2. The van der Waals surface area contributed by atoms with E-state index in [2.05, 4.69) is 15.5 Å². The molecule has 0 saturated carbocycles. The number of likely N-dealkylation sites (tertiary alicyclic amines) is 1. The van der Waals surface area contributed by atoms with Crippen molar-refractivity contribution in [3.63, 3.8) is 0 Å². The van der Waals surface area contributed by atoms with E-state index in [1.54, 1.807) is 6.26 Å². The largest absolute Gasteiger partial charge is 0.468 e. The molecule has 2 N–H and O–H groups in total. The van der Waals surface area contributed by atoms with Crippen LogP contribution in [-0.4, -0.2) is 35.4 Å². The van der Waals surface area contributed by atoms with Crippen molar-refractivity contribution in [2.75, 3.05) is 25.0 Å². The molecule has 2 heterocycles. The van der Waals surface area contributed by atoms with Crippen LogP contribution in [-0.2, 0) is 4.79 Å². The Hall–Kier alpha value is -2.18. The highest BCUT2D eigenvalue weighted by Crippen LogP contribution is 2.24. The van der Waals surface area contributed by atoms with Gasteiger partial charge in [-0.3, -0.25) is 9.69 Å². The maximum atomic E-state index is 11.1. The first-order chi connectivity index (χ1) is 12.6. The lowest BCUT2D eigenvalue weighted by Gasteiger charge is -2.33. The number of anilines is 1. The molecule has 0 unspecified atom stereocenters. The van der Waals surface area contributed by atoms with Gasteiger partial charge < -0.3 is 15.1 Å². The highest BCUT2D eigenvalue weighted by atomic mass is 32.1. The maximum absolute atomic E-state index is 11.1. The van der Waals surface area contributed by atoms with Gasteiger partial charge in [0.15, 0.2) is 0 Å². The number of piperidine rings is 1. The van der Waals surface area contributed by atoms with E-state index in [0.29, 0.717) is 11.5 Å². The third-order valence-electron chi connectivity index (χ3n) is 4.63. The second kappa shape index (κ2) is 8.96. The number of benzene rings is 1. The molecule has 1 fully saturated rings. The van der Waals surface area contributed by atoms with Crippen LogP contribution in [0, 0.1) is 0 Å². The third kappa shape index (κ3) is 4.93. The van der Waals surface area contributed by atoms with Crippen LogP contribution in [0.2, 0.25) is 0 Å². The molecule has 1 aromatic heterocycles. The summed E-state index contributed by atoms with van der Waals surface area (Å²) >= 11 is 5.55. The van der Waals surface area contributed by atoms with Crippen molar-refractivity contribution in [3.8, 4) is 0 Å². The van der Waals surface area contributed by atoms with Crippen molar-refractivity contribution in [1.82, 2.24) is 10.2 Å². The minimum Gasteiger partial charge on any atom is -0.468 e. The van der Waals surface area contributed by atoms with Crippen LogP contribution >= 0.6 is 12.2 Å². The molecular formula is C20H25N3O2S. The number of carbonyl (C=O) groups is 1. The Bertz CT molecular complexity index is 722. The molecule has 0 radical (unpaired) electrons. The van der Waals surface area contributed by atoms with Gasteiger partial charge in [-0.1, -0.05) is 18.6 Å². The highest BCUT2D eigenvalue weighted by Gasteiger charge is 2.24. The number of rotatable bonds is 6. The van der Waals surface area contributed by atoms with Gasteiger partial charge in [-0.25, -0.2) is 0 Å².